The Labute approximate surface area is 207 Å². The van der Waals surface area contributed by atoms with Crippen molar-refractivity contribution in [1.82, 2.24) is 25.2 Å². The van der Waals surface area contributed by atoms with E-state index in [1.165, 1.54) is 0 Å². The van der Waals surface area contributed by atoms with E-state index in [0.29, 0.717) is 6.42 Å². The number of nitrogens with one attached hydrogen (secondary N) is 1. The van der Waals surface area contributed by atoms with Crippen LogP contribution in [-0.2, 0) is 25.8 Å². The molecule has 6 atom stereocenters. The first kappa shape index (κ1) is 24.1. The Morgan fingerprint density at radius 2 is 2.11 bits per heavy atom. The van der Waals surface area contributed by atoms with Crippen LogP contribution < -0.4 is 5.32 Å². The van der Waals surface area contributed by atoms with Gasteiger partial charge in [-0.25, -0.2) is 4.68 Å². The van der Waals surface area contributed by atoms with Crippen molar-refractivity contribution in [3.05, 3.63) is 24.3 Å². The summed E-state index contributed by atoms with van der Waals surface area (Å²) in [5, 5.41) is 21.4. The van der Waals surface area contributed by atoms with Gasteiger partial charge in [0, 0.05) is 5.25 Å². The van der Waals surface area contributed by atoms with Crippen molar-refractivity contribution in [1.29, 1.82) is 0 Å². The van der Waals surface area contributed by atoms with Crippen LogP contribution in [0.2, 0.25) is 0 Å². The number of nitrogens with zero attached hydrogens (tertiary/aromatic N) is 4. The molecule has 10 nitrogen and oxygen atoms in total. The van der Waals surface area contributed by atoms with Crippen LogP contribution in [0.15, 0.2) is 24.3 Å². The van der Waals surface area contributed by atoms with Crippen LogP contribution in [-0.4, -0.2) is 78.1 Å². The number of esters is 1. The number of hydrogen-bond donors (Lipinski definition) is 2. The number of benzene rings is 1. The third kappa shape index (κ3) is 3.62. The highest BCUT2D eigenvalue weighted by Gasteiger charge is 2.74. The number of carbonyl (C=O) groups is 3. The number of aromatic nitrogens is 3. The first-order chi connectivity index (χ1) is 16.8. The molecule has 3 fully saturated rings. The molecule has 2 bridgehead atoms. The van der Waals surface area contributed by atoms with Gasteiger partial charge in [0.1, 0.15) is 18.2 Å². The van der Waals surface area contributed by atoms with E-state index in [1.54, 1.807) is 28.3 Å². The Morgan fingerprint density at radius 3 is 2.83 bits per heavy atom. The van der Waals surface area contributed by atoms with Crippen molar-refractivity contribution in [2.75, 3.05) is 13.2 Å². The summed E-state index contributed by atoms with van der Waals surface area (Å²) < 4.78 is 6.22. The highest BCUT2D eigenvalue weighted by Crippen LogP contribution is 2.66. The van der Waals surface area contributed by atoms with Crippen LogP contribution in [0.3, 0.4) is 0 Å². The maximum Gasteiger partial charge on any atom is 0.310 e. The third-order valence-corrected chi connectivity index (χ3v) is 9.63. The minimum absolute atomic E-state index is 0.0497. The van der Waals surface area contributed by atoms with Crippen molar-refractivity contribution < 1.29 is 24.2 Å². The van der Waals surface area contributed by atoms with E-state index in [4.69, 9.17) is 4.74 Å². The Balaban J connectivity index is 1.48. The molecule has 2 unspecified atom stereocenters. The van der Waals surface area contributed by atoms with Crippen LogP contribution >= 0.6 is 11.8 Å². The number of aliphatic hydroxyl groups excluding tert-OH is 1. The normalized spacial score (nSPS) is 30.2. The van der Waals surface area contributed by atoms with Gasteiger partial charge in [-0.05, 0) is 37.8 Å². The maximum absolute atomic E-state index is 13.9. The molecule has 1 spiro atoms. The van der Waals surface area contributed by atoms with Crippen LogP contribution in [0, 0.1) is 17.8 Å². The van der Waals surface area contributed by atoms with Gasteiger partial charge < -0.3 is 20.1 Å². The van der Waals surface area contributed by atoms with Crippen molar-refractivity contribution in [3.8, 4) is 0 Å². The molecule has 2 aromatic rings. The lowest BCUT2D eigenvalue weighted by Crippen LogP contribution is -2.57. The summed E-state index contributed by atoms with van der Waals surface area (Å²) in [6, 6.07) is 6.13. The van der Waals surface area contributed by atoms with E-state index in [1.807, 2.05) is 38.1 Å². The maximum atomic E-state index is 13.9. The molecule has 11 heteroatoms. The Kier molecular flexibility index (Phi) is 6.25. The summed E-state index contributed by atoms with van der Waals surface area (Å²) >= 11 is 1.58. The van der Waals surface area contributed by atoms with Gasteiger partial charge >= 0.3 is 5.97 Å². The van der Waals surface area contributed by atoms with Gasteiger partial charge in [0.15, 0.2) is 0 Å². The van der Waals surface area contributed by atoms with Crippen molar-refractivity contribution in [2.45, 2.75) is 62.4 Å². The summed E-state index contributed by atoms with van der Waals surface area (Å²) in [5.41, 5.74) is 1.51. The number of amides is 2. The Hall–Kier alpha value is -2.66. The van der Waals surface area contributed by atoms with E-state index >= 15 is 0 Å². The van der Waals surface area contributed by atoms with Gasteiger partial charge in [0.2, 0.25) is 11.8 Å². The molecule has 35 heavy (non-hydrogen) atoms. The topological polar surface area (TPSA) is 127 Å². The number of para-hydroxylation sites is 1. The quantitative estimate of drug-likeness (QED) is 0.517. The number of rotatable bonds is 8. The van der Waals surface area contributed by atoms with E-state index < -0.39 is 28.7 Å². The van der Waals surface area contributed by atoms with Gasteiger partial charge in [-0.1, -0.05) is 31.2 Å². The molecule has 0 aliphatic carbocycles. The summed E-state index contributed by atoms with van der Waals surface area (Å²) in [6.45, 7) is 5.67. The lowest BCUT2D eigenvalue weighted by atomic mass is 9.71. The number of fused-ring (bicyclic) bond motifs is 2. The zero-order valence-corrected chi connectivity index (χ0v) is 20.9. The highest BCUT2D eigenvalue weighted by atomic mass is 32.2. The molecule has 1 aromatic carbocycles. The lowest BCUT2D eigenvalue weighted by molar-refractivity contribution is -0.154. The second-order valence-electron chi connectivity index (χ2n) is 9.82. The number of carbonyl (C=O) groups excluding carboxylic acids is 3. The largest absolute Gasteiger partial charge is 0.466 e. The molecule has 3 aliphatic rings. The molecular formula is C24H31N5O5S. The molecule has 1 aromatic heterocycles. The molecule has 3 saturated heterocycles. The molecule has 3 aliphatic heterocycles. The predicted octanol–water partition coefficient (Wildman–Crippen LogP) is 1.18. The van der Waals surface area contributed by atoms with Crippen molar-refractivity contribution in [2.24, 2.45) is 17.8 Å². The van der Waals surface area contributed by atoms with Gasteiger partial charge in [-0.2, -0.15) is 0 Å². The average Bonchev–Trinajstić information content (AvgIpc) is 3.58. The minimum atomic E-state index is -0.802. The third-order valence-electron chi connectivity index (χ3n) is 7.68. The van der Waals surface area contributed by atoms with Gasteiger partial charge in [-0.15, -0.1) is 16.9 Å². The summed E-state index contributed by atoms with van der Waals surface area (Å²) in [7, 11) is 0. The fourth-order valence-electron chi connectivity index (χ4n) is 6.16. The van der Waals surface area contributed by atoms with Crippen LogP contribution in [0.1, 0.15) is 33.6 Å². The minimum Gasteiger partial charge on any atom is -0.466 e. The molecule has 2 amide bonds. The van der Waals surface area contributed by atoms with E-state index in [0.717, 1.165) is 17.5 Å². The number of likely N-dealkylation sites (tertiary alicyclic amines) is 1. The Bertz CT molecular complexity index is 1150. The van der Waals surface area contributed by atoms with Gasteiger partial charge in [0.25, 0.3) is 0 Å². The SMILES string of the molecule is CCOC(=O)[C@@H]1[C@@H]2CCC3(S2)C(C(=O)NCn2nnc4ccccc42)N([C@@H](CO)C(C)C)C(=O)[C@H]13. The van der Waals surface area contributed by atoms with E-state index in [9.17, 15) is 19.5 Å². The van der Waals surface area contributed by atoms with Crippen LogP contribution in [0.25, 0.3) is 11.0 Å². The summed E-state index contributed by atoms with van der Waals surface area (Å²) in [4.78, 5) is 42.2. The molecule has 188 valence electrons. The zero-order valence-electron chi connectivity index (χ0n) is 20.1. The highest BCUT2D eigenvalue weighted by molar-refractivity contribution is 8.02. The van der Waals surface area contributed by atoms with E-state index in [-0.39, 0.29) is 48.8 Å². The molecule has 4 heterocycles. The summed E-state index contributed by atoms with van der Waals surface area (Å²) in [5.74, 6) is -2.20. The monoisotopic (exact) mass is 501 g/mol. The first-order valence-electron chi connectivity index (χ1n) is 12.2. The number of ether oxygens (including phenoxy) is 1. The second kappa shape index (κ2) is 9.09. The lowest BCUT2D eigenvalue weighted by Gasteiger charge is -2.38. The van der Waals surface area contributed by atoms with Crippen molar-refractivity contribution in [3.63, 3.8) is 0 Å². The molecule has 0 radical (unpaired) electrons. The second-order valence-corrected chi connectivity index (χ2v) is 11.4. The molecule has 0 saturated carbocycles. The molecular weight excluding hydrogens is 470 g/mol. The Morgan fingerprint density at radius 1 is 1.34 bits per heavy atom. The number of aliphatic hydroxyl groups is 1. The fraction of sp³-hybridized carbons (Fsp3) is 0.625. The van der Waals surface area contributed by atoms with Gasteiger partial charge in [-0.3, -0.25) is 14.4 Å². The van der Waals surface area contributed by atoms with Crippen molar-refractivity contribution >= 4 is 40.6 Å². The smallest absolute Gasteiger partial charge is 0.310 e. The zero-order chi connectivity index (χ0) is 24.9. The van der Waals surface area contributed by atoms with E-state index in [2.05, 4.69) is 15.6 Å². The number of thioether (sulfide) groups is 1. The molecule has 2 N–H and O–H groups in total. The number of hydrogen-bond acceptors (Lipinski definition) is 8. The standard InChI is InChI=1S/C24H31N5O5S/c1-4-34-23(33)18-17-9-10-24(35-17)19(18)22(32)29(16(11-30)13(2)3)20(24)21(31)25-12-28-15-8-6-5-7-14(15)26-27-28/h5-8,13,16-20,30H,4,9-12H2,1-3H3,(H,25,31)/t16-,17-,18+,19-,20?,24?/m0/s1. The first-order valence-corrected chi connectivity index (χ1v) is 13.1. The predicted molar refractivity (Wildman–Crippen MR) is 129 cm³/mol. The van der Waals surface area contributed by atoms with Crippen LogP contribution in [0.4, 0.5) is 0 Å². The fourth-order valence-corrected chi connectivity index (χ4v) is 8.35. The molecule has 5 rings (SSSR count). The van der Waals surface area contributed by atoms with Gasteiger partial charge in [0.05, 0.1) is 41.4 Å². The average molecular weight is 502 g/mol. The van der Waals surface area contributed by atoms with Crippen LogP contribution in [0.5, 0.6) is 0 Å². The summed E-state index contributed by atoms with van der Waals surface area (Å²) in [6.07, 6.45) is 1.40.